The number of aromatic nitrogens is 4. The lowest BCUT2D eigenvalue weighted by atomic mass is 9.80. The van der Waals surface area contributed by atoms with Gasteiger partial charge < -0.3 is 23.7 Å². The molecule has 0 aromatic carbocycles. The first-order chi connectivity index (χ1) is 19.1. The Balaban J connectivity index is 1.17. The van der Waals surface area contributed by atoms with Crippen LogP contribution in [0.5, 0.6) is 5.88 Å². The number of imidazole rings is 1. The van der Waals surface area contributed by atoms with E-state index in [0.29, 0.717) is 29.8 Å². The van der Waals surface area contributed by atoms with Crippen molar-refractivity contribution in [2.45, 2.75) is 70.6 Å². The Morgan fingerprint density at radius 3 is 2.67 bits per heavy atom. The second-order valence-electron chi connectivity index (χ2n) is 12.3. The molecule has 1 saturated heterocycles. The SMILES string of the molecule is CN1CCC(N(C)c2nccc3oc(-c4cnc5ccc(OC6CC(CC(=O)OC(C)(C)C)C6)nn45)cc23)CC1. The molecule has 1 saturated carbocycles. The van der Waals surface area contributed by atoms with Gasteiger partial charge in [0.2, 0.25) is 5.88 Å². The van der Waals surface area contributed by atoms with E-state index in [1.165, 1.54) is 0 Å². The van der Waals surface area contributed by atoms with E-state index in [9.17, 15) is 4.79 Å². The van der Waals surface area contributed by atoms with E-state index in [-0.39, 0.29) is 18.0 Å². The van der Waals surface area contributed by atoms with Gasteiger partial charge in [-0.1, -0.05) is 0 Å². The largest absolute Gasteiger partial charge is 0.473 e. The van der Waals surface area contributed by atoms with Gasteiger partial charge in [0.1, 0.15) is 28.8 Å². The molecule has 10 heteroatoms. The highest BCUT2D eigenvalue weighted by molar-refractivity contribution is 5.92. The number of ether oxygens (including phenoxy) is 2. The summed E-state index contributed by atoms with van der Waals surface area (Å²) in [5.74, 6) is 2.25. The van der Waals surface area contributed by atoms with Gasteiger partial charge in [-0.05, 0) is 90.7 Å². The second kappa shape index (κ2) is 10.4. The third-order valence-electron chi connectivity index (χ3n) is 7.94. The number of likely N-dealkylation sites (tertiary alicyclic amines) is 1. The van der Waals surface area contributed by atoms with Crippen molar-refractivity contribution in [2.75, 3.05) is 32.1 Å². The first-order valence-electron chi connectivity index (χ1n) is 14.2. The molecule has 10 nitrogen and oxygen atoms in total. The zero-order valence-electron chi connectivity index (χ0n) is 24.0. The molecule has 4 aromatic rings. The normalized spacial score (nSPS) is 20.5. The minimum atomic E-state index is -0.459. The molecule has 0 amide bonds. The third kappa shape index (κ3) is 5.50. The van der Waals surface area contributed by atoms with Crippen LogP contribution in [0.15, 0.2) is 41.1 Å². The Bertz CT molecular complexity index is 1510. The molecule has 4 aromatic heterocycles. The fourth-order valence-corrected chi connectivity index (χ4v) is 5.73. The maximum atomic E-state index is 12.1. The lowest BCUT2D eigenvalue weighted by molar-refractivity contribution is -0.157. The van der Waals surface area contributed by atoms with Crippen molar-refractivity contribution in [2.24, 2.45) is 5.92 Å². The van der Waals surface area contributed by atoms with Gasteiger partial charge in [-0.3, -0.25) is 4.79 Å². The van der Waals surface area contributed by atoms with E-state index in [2.05, 4.69) is 28.9 Å². The van der Waals surface area contributed by atoms with Crippen molar-refractivity contribution >= 4 is 28.4 Å². The Morgan fingerprint density at radius 2 is 1.93 bits per heavy atom. The molecule has 0 atom stereocenters. The van der Waals surface area contributed by atoms with Crippen LogP contribution in [0.2, 0.25) is 0 Å². The van der Waals surface area contributed by atoms with Crippen molar-refractivity contribution in [1.82, 2.24) is 24.5 Å². The highest BCUT2D eigenvalue weighted by atomic mass is 16.6. The van der Waals surface area contributed by atoms with Crippen LogP contribution >= 0.6 is 0 Å². The zero-order chi connectivity index (χ0) is 28.0. The highest BCUT2D eigenvalue weighted by Gasteiger charge is 2.34. The first-order valence-corrected chi connectivity index (χ1v) is 14.2. The summed E-state index contributed by atoms with van der Waals surface area (Å²) in [4.78, 5) is 26.1. The van der Waals surface area contributed by atoms with E-state index in [1.807, 2.05) is 51.2 Å². The molecule has 5 heterocycles. The maximum Gasteiger partial charge on any atom is 0.306 e. The van der Waals surface area contributed by atoms with Crippen molar-refractivity contribution in [1.29, 1.82) is 0 Å². The van der Waals surface area contributed by atoms with Crippen molar-refractivity contribution < 1.29 is 18.7 Å². The van der Waals surface area contributed by atoms with Crippen molar-refractivity contribution in [3.63, 3.8) is 0 Å². The summed E-state index contributed by atoms with van der Waals surface area (Å²) in [6.45, 7) is 7.84. The fourth-order valence-electron chi connectivity index (χ4n) is 5.73. The van der Waals surface area contributed by atoms with E-state index < -0.39 is 5.60 Å². The summed E-state index contributed by atoms with van der Waals surface area (Å²) < 4.78 is 19.7. The summed E-state index contributed by atoms with van der Waals surface area (Å²) in [5.41, 5.74) is 1.79. The Morgan fingerprint density at radius 1 is 1.15 bits per heavy atom. The minimum absolute atomic E-state index is 0.0271. The van der Waals surface area contributed by atoms with Crippen LogP contribution in [0.1, 0.15) is 52.9 Å². The van der Waals surface area contributed by atoms with Crippen LogP contribution in [0.25, 0.3) is 28.1 Å². The molecule has 6 rings (SSSR count). The maximum absolute atomic E-state index is 12.1. The lowest BCUT2D eigenvalue weighted by Gasteiger charge is -2.35. The molecule has 1 aliphatic carbocycles. The number of rotatable bonds is 7. The van der Waals surface area contributed by atoms with Crippen LogP contribution in [0.3, 0.4) is 0 Å². The second-order valence-corrected chi connectivity index (χ2v) is 12.3. The summed E-state index contributed by atoms with van der Waals surface area (Å²) in [6, 6.07) is 8.12. The van der Waals surface area contributed by atoms with Gasteiger partial charge in [0.25, 0.3) is 0 Å². The number of hydrogen-bond donors (Lipinski definition) is 0. The first kappa shape index (κ1) is 26.6. The molecule has 0 bridgehead atoms. The number of hydrogen-bond acceptors (Lipinski definition) is 9. The summed E-state index contributed by atoms with van der Waals surface area (Å²) in [6.07, 6.45) is 7.86. The van der Waals surface area contributed by atoms with Gasteiger partial charge in [0.05, 0.1) is 11.6 Å². The zero-order valence-corrected chi connectivity index (χ0v) is 24.0. The highest BCUT2D eigenvalue weighted by Crippen LogP contribution is 2.36. The summed E-state index contributed by atoms with van der Waals surface area (Å²) >= 11 is 0. The predicted molar refractivity (Wildman–Crippen MR) is 153 cm³/mol. The standard InChI is InChI=1S/C30H38N6O4/c1-30(2,3)40-28(37)16-19-14-21(15-19)38-27-7-6-26-32-18-23(36(26)33-27)25-17-22-24(39-25)8-11-31-29(22)35(5)20-9-12-34(4)13-10-20/h6-8,11,17-21H,9-10,12-16H2,1-5H3. The number of piperidine rings is 1. The monoisotopic (exact) mass is 546 g/mol. The van der Waals surface area contributed by atoms with Crippen LogP contribution in [-0.2, 0) is 9.53 Å². The smallest absolute Gasteiger partial charge is 0.306 e. The van der Waals surface area contributed by atoms with E-state index >= 15 is 0 Å². The van der Waals surface area contributed by atoms with Crippen LogP contribution < -0.4 is 9.64 Å². The van der Waals surface area contributed by atoms with Crippen LogP contribution in [0.4, 0.5) is 5.82 Å². The molecule has 0 N–H and O–H groups in total. The Labute approximate surface area is 234 Å². The van der Waals surface area contributed by atoms with Gasteiger partial charge in [-0.15, -0.1) is 5.10 Å². The summed E-state index contributed by atoms with van der Waals surface area (Å²) in [7, 11) is 4.30. The van der Waals surface area contributed by atoms with Gasteiger partial charge >= 0.3 is 5.97 Å². The van der Waals surface area contributed by atoms with Crippen LogP contribution in [-0.4, -0.2) is 75.4 Å². The number of anilines is 1. The molecular formula is C30H38N6O4. The molecular weight excluding hydrogens is 508 g/mol. The number of pyridine rings is 1. The molecule has 0 unspecified atom stereocenters. The number of nitrogens with zero attached hydrogens (tertiary/aromatic N) is 6. The fraction of sp³-hybridized carbons (Fsp3) is 0.533. The minimum Gasteiger partial charge on any atom is -0.473 e. The predicted octanol–water partition coefficient (Wildman–Crippen LogP) is 4.96. The average molecular weight is 547 g/mol. The number of esters is 1. The molecule has 1 aliphatic heterocycles. The van der Waals surface area contributed by atoms with Crippen molar-refractivity contribution in [3.05, 3.63) is 36.7 Å². The van der Waals surface area contributed by atoms with Gasteiger partial charge in [-0.2, -0.15) is 0 Å². The molecule has 212 valence electrons. The summed E-state index contributed by atoms with van der Waals surface area (Å²) in [5, 5.41) is 5.70. The van der Waals surface area contributed by atoms with E-state index in [1.54, 1.807) is 10.7 Å². The van der Waals surface area contributed by atoms with E-state index in [4.69, 9.17) is 24.0 Å². The average Bonchev–Trinajstić information content (AvgIpc) is 3.50. The third-order valence-corrected chi connectivity index (χ3v) is 7.94. The van der Waals surface area contributed by atoms with Gasteiger partial charge in [0, 0.05) is 31.8 Å². The lowest BCUT2D eigenvalue weighted by Crippen LogP contribution is -2.42. The Kier molecular flexibility index (Phi) is 6.90. The van der Waals surface area contributed by atoms with Crippen LogP contribution in [0, 0.1) is 5.92 Å². The number of furan rings is 1. The molecule has 0 spiro atoms. The molecule has 2 aliphatic rings. The molecule has 40 heavy (non-hydrogen) atoms. The topological polar surface area (TPSA) is 98.2 Å². The number of carbonyl (C=O) groups excluding carboxylic acids is 1. The number of fused-ring (bicyclic) bond motifs is 2. The van der Waals surface area contributed by atoms with E-state index in [0.717, 1.165) is 61.3 Å². The molecule has 0 radical (unpaired) electrons. The Hall–Kier alpha value is -3.66. The molecule has 2 fully saturated rings. The van der Waals surface area contributed by atoms with Crippen molar-refractivity contribution in [3.8, 4) is 17.3 Å². The number of carbonyl (C=O) groups is 1. The quantitative estimate of drug-likeness (QED) is 0.298. The van der Waals surface area contributed by atoms with Gasteiger partial charge in [0.15, 0.2) is 11.4 Å². The van der Waals surface area contributed by atoms with Gasteiger partial charge in [-0.25, -0.2) is 14.5 Å².